The first-order chi connectivity index (χ1) is 5.77. The molecular formula is C9H16FNO. The Labute approximate surface area is 72.7 Å². The normalized spacial score (nSPS) is 42.0. The molecule has 2 saturated heterocycles. The third-order valence-electron chi connectivity index (χ3n) is 3.17. The molecule has 2 aliphatic heterocycles. The SMILES string of the molecule is COC[C@]12CCCN1C[C@H](F)C2. The van der Waals surface area contributed by atoms with Crippen molar-refractivity contribution in [1.82, 2.24) is 4.90 Å². The Kier molecular flexibility index (Phi) is 2.09. The Hall–Kier alpha value is -0.150. The molecule has 0 bridgehead atoms. The van der Waals surface area contributed by atoms with Gasteiger partial charge < -0.3 is 4.74 Å². The lowest BCUT2D eigenvalue weighted by molar-refractivity contribution is 0.0652. The minimum atomic E-state index is -0.625. The number of ether oxygens (including phenoxy) is 1. The first kappa shape index (κ1) is 8.45. The van der Waals surface area contributed by atoms with Gasteiger partial charge in [0.25, 0.3) is 0 Å². The summed E-state index contributed by atoms with van der Waals surface area (Å²) in [4.78, 5) is 2.27. The van der Waals surface area contributed by atoms with Gasteiger partial charge in [-0.2, -0.15) is 0 Å². The summed E-state index contributed by atoms with van der Waals surface area (Å²) in [5.41, 5.74) is 0.0637. The van der Waals surface area contributed by atoms with Gasteiger partial charge in [0.05, 0.1) is 6.61 Å². The maximum absolute atomic E-state index is 13.1. The van der Waals surface area contributed by atoms with Crippen molar-refractivity contribution in [3.8, 4) is 0 Å². The highest BCUT2D eigenvalue weighted by Gasteiger charge is 2.48. The Morgan fingerprint density at radius 1 is 1.67 bits per heavy atom. The van der Waals surface area contributed by atoms with Gasteiger partial charge in [0.1, 0.15) is 6.17 Å². The van der Waals surface area contributed by atoms with Crippen LogP contribution in [0.1, 0.15) is 19.3 Å². The highest BCUT2D eigenvalue weighted by molar-refractivity contribution is 5.03. The maximum Gasteiger partial charge on any atom is 0.115 e. The zero-order chi connectivity index (χ0) is 8.60. The van der Waals surface area contributed by atoms with E-state index >= 15 is 0 Å². The molecular weight excluding hydrogens is 157 g/mol. The van der Waals surface area contributed by atoms with Gasteiger partial charge in [-0.1, -0.05) is 0 Å². The summed E-state index contributed by atoms with van der Waals surface area (Å²) in [6, 6.07) is 0. The quantitative estimate of drug-likeness (QED) is 0.622. The molecule has 2 rings (SSSR count). The molecule has 0 saturated carbocycles. The fraction of sp³-hybridized carbons (Fsp3) is 1.00. The predicted octanol–water partition coefficient (Wildman–Crippen LogP) is 1.21. The molecule has 0 spiro atoms. The molecule has 0 aliphatic carbocycles. The summed E-state index contributed by atoms with van der Waals surface area (Å²) in [6.45, 7) is 2.39. The van der Waals surface area contributed by atoms with Gasteiger partial charge in [-0.15, -0.1) is 0 Å². The van der Waals surface area contributed by atoms with E-state index < -0.39 is 6.17 Å². The minimum absolute atomic E-state index is 0.0637. The van der Waals surface area contributed by atoms with Crippen LogP contribution in [-0.4, -0.2) is 43.4 Å². The molecule has 0 unspecified atom stereocenters. The van der Waals surface area contributed by atoms with Crippen LogP contribution in [0, 0.1) is 0 Å². The summed E-state index contributed by atoms with van der Waals surface area (Å²) in [7, 11) is 1.71. The number of rotatable bonds is 2. The van der Waals surface area contributed by atoms with Crippen LogP contribution in [0.4, 0.5) is 4.39 Å². The van der Waals surface area contributed by atoms with E-state index in [0.29, 0.717) is 19.6 Å². The van der Waals surface area contributed by atoms with E-state index in [2.05, 4.69) is 4.90 Å². The van der Waals surface area contributed by atoms with E-state index in [0.717, 1.165) is 13.0 Å². The maximum atomic E-state index is 13.1. The third-order valence-corrected chi connectivity index (χ3v) is 3.17. The van der Waals surface area contributed by atoms with E-state index in [1.807, 2.05) is 0 Å². The number of hydrogen-bond donors (Lipinski definition) is 0. The van der Waals surface area contributed by atoms with Crippen molar-refractivity contribution in [3.05, 3.63) is 0 Å². The molecule has 2 nitrogen and oxygen atoms in total. The minimum Gasteiger partial charge on any atom is -0.383 e. The third kappa shape index (κ3) is 1.15. The molecule has 0 N–H and O–H groups in total. The van der Waals surface area contributed by atoms with Gasteiger partial charge in [-0.3, -0.25) is 4.90 Å². The van der Waals surface area contributed by atoms with Crippen molar-refractivity contribution in [1.29, 1.82) is 0 Å². The van der Waals surface area contributed by atoms with E-state index in [4.69, 9.17) is 4.74 Å². The van der Waals surface area contributed by atoms with Crippen molar-refractivity contribution in [2.24, 2.45) is 0 Å². The Bertz CT molecular complexity index is 176. The molecule has 2 atom stereocenters. The second-order valence-electron chi connectivity index (χ2n) is 4.01. The summed E-state index contributed by atoms with van der Waals surface area (Å²) >= 11 is 0. The first-order valence-corrected chi connectivity index (χ1v) is 4.65. The topological polar surface area (TPSA) is 12.5 Å². The molecule has 0 aromatic rings. The number of halogens is 1. The van der Waals surface area contributed by atoms with Crippen LogP contribution in [0.15, 0.2) is 0 Å². The van der Waals surface area contributed by atoms with E-state index in [1.165, 1.54) is 6.42 Å². The van der Waals surface area contributed by atoms with Crippen LogP contribution in [0.3, 0.4) is 0 Å². The lowest BCUT2D eigenvalue weighted by Gasteiger charge is -2.30. The van der Waals surface area contributed by atoms with E-state index in [9.17, 15) is 4.39 Å². The van der Waals surface area contributed by atoms with Crippen molar-refractivity contribution in [3.63, 3.8) is 0 Å². The summed E-state index contributed by atoms with van der Waals surface area (Å²) < 4.78 is 18.3. The first-order valence-electron chi connectivity index (χ1n) is 4.65. The molecule has 12 heavy (non-hydrogen) atoms. The number of methoxy groups -OCH3 is 1. The van der Waals surface area contributed by atoms with Crippen LogP contribution in [0.25, 0.3) is 0 Å². The lowest BCUT2D eigenvalue weighted by atomic mass is 9.95. The summed E-state index contributed by atoms with van der Waals surface area (Å²) in [6.07, 6.45) is 2.37. The van der Waals surface area contributed by atoms with E-state index in [-0.39, 0.29) is 5.54 Å². The fourth-order valence-electron chi connectivity index (χ4n) is 2.72. The van der Waals surface area contributed by atoms with Crippen LogP contribution < -0.4 is 0 Å². The zero-order valence-electron chi connectivity index (χ0n) is 7.55. The van der Waals surface area contributed by atoms with Crippen molar-refractivity contribution in [2.75, 3.05) is 26.8 Å². The van der Waals surface area contributed by atoms with Crippen LogP contribution in [0.5, 0.6) is 0 Å². The highest BCUT2D eigenvalue weighted by atomic mass is 19.1. The summed E-state index contributed by atoms with van der Waals surface area (Å²) in [5.74, 6) is 0. The van der Waals surface area contributed by atoms with E-state index in [1.54, 1.807) is 7.11 Å². The molecule has 2 aliphatic rings. The molecule has 0 aromatic carbocycles. The smallest absolute Gasteiger partial charge is 0.115 e. The number of fused-ring (bicyclic) bond motifs is 1. The van der Waals surface area contributed by atoms with Gasteiger partial charge in [-0.25, -0.2) is 4.39 Å². The second-order valence-corrected chi connectivity index (χ2v) is 4.01. The summed E-state index contributed by atoms with van der Waals surface area (Å²) in [5, 5.41) is 0. The van der Waals surface area contributed by atoms with Gasteiger partial charge in [0.15, 0.2) is 0 Å². The lowest BCUT2D eigenvalue weighted by Crippen LogP contribution is -2.42. The van der Waals surface area contributed by atoms with Crippen molar-refractivity contribution in [2.45, 2.75) is 31.0 Å². The Balaban J connectivity index is 2.09. The van der Waals surface area contributed by atoms with Crippen molar-refractivity contribution < 1.29 is 9.13 Å². The second kappa shape index (κ2) is 2.96. The van der Waals surface area contributed by atoms with Gasteiger partial charge in [-0.05, 0) is 19.4 Å². The molecule has 2 fully saturated rings. The van der Waals surface area contributed by atoms with Crippen molar-refractivity contribution >= 4 is 0 Å². The average Bonchev–Trinajstić information content (AvgIpc) is 2.44. The number of alkyl halides is 1. The zero-order valence-corrected chi connectivity index (χ0v) is 7.55. The molecule has 0 amide bonds. The van der Waals surface area contributed by atoms with Gasteiger partial charge in [0.2, 0.25) is 0 Å². The Morgan fingerprint density at radius 3 is 3.25 bits per heavy atom. The van der Waals surface area contributed by atoms with Gasteiger partial charge >= 0.3 is 0 Å². The van der Waals surface area contributed by atoms with Crippen LogP contribution in [0.2, 0.25) is 0 Å². The molecule has 70 valence electrons. The molecule has 0 aromatic heterocycles. The molecule has 0 radical (unpaired) electrons. The number of hydrogen-bond acceptors (Lipinski definition) is 2. The van der Waals surface area contributed by atoms with Crippen LogP contribution in [-0.2, 0) is 4.74 Å². The number of nitrogens with zero attached hydrogens (tertiary/aromatic N) is 1. The standard InChI is InChI=1S/C9H16FNO/c1-12-7-9-3-2-4-11(9)6-8(10)5-9/h8H,2-7H2,1H3/t8-,9-/m1/s1. The highest BCUT2D eigenvalue weighted by Crippen LogP contribution is 2.39. The Morgan fingerprint density at radius 2 is 2.50 bits per heavy atom. The largest absolute Gasteiger partial charge is 0.383 e. The fourth-order valence-corrected chi connectivity index (χ4v) is 2.72. The van der Waals surface area contributed by atoms with Gasteiger partial charge in [0, 0.05) is 25.6 Å². The molecule has 3 heteroatoms. The van der Waals surface area contributed by atoms with Crippen LogP contribution >= 0.6 is 0 Å². The monoisotopic (exact) mass is 173 g/mol. The molecule has 2 heterocycles. The average molecular weight is 173 g/mol. The predicted molar refractivity (Wildman–Crippen MR) is 44.9 cm³/mol.